The number of rotatable bonds is 3. The fourth-order valence-electron chi connectivity index (χ4n) is 2.21. The number of hydrogen-bond donors (Lipinski definition) is 1. The second kappa shape index (κ2) is 4.79. The Labute approximate surface area is 113 Å². The normalized spacial score (nSPS) is 11.8. The molecule has 2 rings (SSSR count). The van der Waals surface area contributed by atoms with Gasteiger partial charge in [0, 0.05) is 12.7 Å². The molecule has 0 fully saturated rings. The average Bonchev–Trinajstić information content (AvgIpc) is 2.71. The molecule has 19 heavy (non-hydrogen) atoms. The molecule has 1 aromatic heterocycles. The van der Waals surface area contributed by atoms with Crippen molar-refractivity contribution >= 4 is 10.0 Å². The standard InChI is InChI=1S/C13H17N3O2S/c1-9-4-10(2)12(11(3)5-9)6-16-7-13(15-8-16)19(14,17)18/h4-5,7-8H,6H2,1-3H3,(H2,14,17,18). The van der Waals surface area contributed by atoms with Crippen LogP contribution in [-0.4, -0.2) is 18.0 Å². The van der Waals surface area contributed by atoms with E-state index in [4.69, 9.17) is 5.14 Å². The molecule has 2 N–H and O–H groups in total. The summed E-state index contributed by atoms with van der Waals surface area (Å²) in [4.78, 5) is 3.81. The number of nitrogens with two attached hydrogens (primary N) is 1. The topological polar surface area (TPSA) is 78.0 Å². The Morgan fingerprint density at radius 1 is 1.21 bits per heavy atom. The number of sulfonamides is 1. The Balaban J connectivity index is 2.35. The Morgan fingerprint density at radius 3 is 2.26 bits per heavy atom. The number of aryl methyl sites for hydroxylation is 3. The molecule has 0 atom stereocenters. The summed E-state index contributed by atoms with van der Waals surface area (Å²) in [6.07, 6.45) is 2.94. The maximum atomic E-state index is 11.2. The van der Waals surface area contributed by atoms with E-state index in [9.17, 15) is 8.42 Å². The van der Waals surface area contributed by atoms with Gasteiger partial charge in [-0.25, -0.2) is 18.5 Å². The summed E-state index contributed by atoms with van der Waals surface area (Å²) < 4.78 is 24.1. The van der Waals surface area contributed by atoms with E-state index in [0.29, 0.717) is 6.54 Å². The van der Waals surface area contributed by atoms with E-state index in [2.05, 4.69) is 24.0 Å². The molecule has 1 aromatic carbocycles. The van der Waals surface area contributed by atoms with Crippen LogP contribution >= 0.6 is 0 Å². The van der Waals surface area contributed by atoms with Crippen molar-refractivity contribution in [1.82, 2.24) is 9.55 Å². The van der Waals surface area contributed by atoms with E-state index in [1.54, 1.807) is 4.57 Å². The highest BCUT2D eigenvalue weighted by Gasteiger charge is 2.12. The van der Waals surface area contributed by atoms with Crippen LogP contribution in [0.15, 0.2) is 29.7 Å². The number of aromatic nitrogens is 2. The molecule has 0 aliphatic carbocycles. The molecule has 0 unspecified atom stereocenters. The molecule has 1 heterocycles. The van der Waals surface area contributed by atoms with E-state index >= 15 is 0 Å². The lowest BCUT2D eigenvalue weighted by Gasteiger charge is -2.11. The van der Waals surface area contributed by atoms with Crippen LogP contribution in [0.2, 0.25) is 0 Å². The summed E-state index contributed by atoms with van der Waals surface area (Å²) in [5.74, 6) is 0. The highest BCUT2D eigenvalue weighted by atomic mass is 32.2. The zero-order chi connectivity index (χ0) is 14.2. The Hall–Kier alpha value is -1.66. The third-order valence-corrected chi connectivity index (χ3v) is 3.88. The highest BCUT2D eigenvalue weighted by molar-refractivity contribution is 7.89. The number of nitrogens with zero attached hydrogens (tertiary/aromatic N) is 2. The summed E-state index contributed by atoms with van der Waals surface area (Å²) in [5.41, 5.74) is 4.75. The van der Waals surface area contributed by atoms with E-state index < -0.39 is 10.0 Å². The van der Waals surface area contributed by atoms with Crippen molar-refractivity contribution in [1.29, 1.82) is 0 Å². The predicted octanol–water partition coefficient (Wildman–Crippen LogP) is 1.50. The lowest BCUT2D eigenvalue weighted by Crippen LogP contribution is -2.12. The predicted molar refractivity (Wildman–Crippen MR) is 73.4 cm³/mol. The summed E-state index contributed by atoms with van der Waals surface area (Å²) >= 11 is 0. The second-order valence-electron chi connectivity index (χ2n) is 4.81. The van der Waals surface area contributed by atoms with Crippen molar-refractivity contribution < 1.29 is 8.42 Å². The van der Waals surface area contributed by atoms with Crippen LogP contribution < -0.4 is 5.14 Å². The first-order valence-corrected chi connectivity index (χ1v) is 7.43. The van der Waals surface area contributed by atoms with Crippen LogP contribution in [0.3, 0.4) is 0 Å². The van der Waals surface area contributed by atoms with Crippen molar-refractivity contribution in [2.45, 2.75) is 32.3 Å². The summed E-state index contributed by atoms with van der Waals surface area (Å²) in [6.45, 7) is 6.74. The minimum Gasteiger partial charge on any atom is -0.332 e. The molecule has 0 saturated carbocycles. The molecule has 5 nitrogen and oxygen atoms in total. The van der Waals surface area contributed by atoms with Crippen molar-refractivity contribution in [2.24, 2.45) is 5.14 Å². The largest absolute Gasteiger partial charge is 0.332 e. The molecule has 6 heteroatoms. The van der Waals surface area contributed by atoms with E-state index in [1.807, 2.05) is 13.8 Å². The van der Waals surface area contributed by atoms with Gasteiger partial charge in [-0.3, -0.25) is 0 Å². The monoisotopic (exact) mass is 279 g/mol. The average molecular weight is 279 g/mol. The number of hydrogen-bond acceptors (Lipinski definition) is 3. The second-order valence-corrected chi connectivity index (χ2v) is 6.31. The summed E-state index contributed by atoms with van der Waals surface area (Å²) in [6, 6.07) is 4.22. The smallest absolute Gasteiger partial charge is 0.257 e. The maximum absolute atomic E-state index is 11.2. The minimum atomic E-state index is -3.73. The first kappa shape index (κ1) is 13.8. The number of primary sulfonamides is 1. The lowest BCUT2D eigenvalue weighted by molar-refractivity contribution is 0.594. The fourth-order valence-corrected chi connectivity index (χ4v) is 2.69. The van der Waals surface area contributed by atoms with Crippen molar-refractivity contribution in [3.05, 3.63) is 46.9 Å². The first-order valence-electron chi connectivity index (χ1n) is 5.88. The molecule has 102 valence electrons. The van der Waals surface area contributed by atoms with Crippen LogP contribution in [0.4, 0.5) is 0 Å². The van der Waals surface area contributed by atoms with Gasteiger partial charge in [0.2, 0.25) is 0 Å². The third-order valence-electron chi connectivity index (χ3n) is 3.08. The van der Waals surface area contributed by atoms with Crippen LogP contribution in [-0.2, 0) is 16.6 Å². The molecule has 0 spiro atoms. The molecule has 0 bridgehead atoms. The Bertz CT molecular complexity index is 694. The van der Waals surface area contributed by atoms with Crippen LogP contribution in [0, 0.1) is 20.8 Å². The molecule has 0 aliphatic heterocycles. The SMILES string of the molecule is Cc1cc(C)c(Cn2cnc(S(N)(=O)=O)c2)c(C)c1. The molecule has 0 radical (unpaired) electrons. The molecular weight excluding hydrogens is 262 g/mol. The Kier molecular flexibility index (Phi) is 3.47. The van der Waals surface area contributed by atoms with Crippen LogP contribution in [0.1, 0.15) is 22.3 Å². The number of imidazole rings is 1. The van der Waals surface area contributed by atoms with Crippen LogP contribution in [0.25, 0.3) is 0 Å². The van der Waals surface area contributed by atoms with E-state index in [-0.39, 0.29) is 5.03 Å². The lowest BCUT2D eigenvalue weighted by atomic mass is 10.00. The van der Waals surface area contributed by atoms with Gasteiger partial charge in [0.1, 0.15) is 0 Å². The van der Waals surface area contributed by atoms with Gasteiger partial charge in [-0.2, -0.15) is 0 Å². The molecule has 2 aromatic rings. The third kappa shape index (κ3) is 3.02. The summed E-state index contributed by atoms with van der Waals surface area (Å²) in [7, 11) is -3.73. The van der Waals surface area contributed by atoms with Gasteiger partial charge < -0.3 is 4.57 Å². The Morgan fingerprint density at radius 2 is 1.79 bits per heavy atom. The summed E-state index contributed by atoms with van der Waals surface area (Å²) in [5, 5.41) is 4.94. The van der Waals surface area contributed by atoms with Gasteiger partial charge in [0.25, 0.3) is 10.0 Å². The maximum Gasteiger partial charge on any atom is 0.257 e. The van der Waals surface area contributed by atoms with Gasteiger partial charge in [-0.15, -0.1) is 0 Å². The fraction of sp³-hybridized carbons (Fsp3) is 0.308. The zero-order valence-electron chi connectivity index (χ0n) is 11.2. The van der Waals surface area contributed by atoms with Gasteiger partial charge in [0.05, 0.1) is 6.33 Å². The zero-order valence-corrected chi connectivity index (χ0v) is 12.0. The van der Waals surface area contributed by atoms with Gasteiger partial charge >= 0.3 is 0 Å². The van der Waals surface area contributed by atoms with E-state index in [0.717, 1.165) is 0 Å². The van der Waals surface area contributed by atoms with Gasteiger partial charge in [0.15, 0.2) is 5.03 Å². The quantitative estimate of drug-likeness (QED) is 0.925. The molecular formula is C13H17N3O2S. The molecule has 0 aliphatic rings. The number of benzene rings is 1. The van der Waals surface area contributed by atoms with Gasteiger partial charge in [-0.05, 0) is 37.5 Å². The highest BCUT2D eigenvalue weighted by Crippen LogP contribution is 2.18. The first-order chi connectivity index (χ1) is 8.77. The van der Waals surface area contributed by atoms with Crippen LogP contribution in [0.5, 0.6) is 0 Å². The van der Waals surface area contributed by atoms with Crippen molar-refractivity contribution in [3.8, 4) is 0 Å². The van der Waals surface area contributed by atoms with Crippen molar-refractivity contribution in [3.63, 3.8) is 0 Å². The van der Waals surface area contributed by atoms with Gasteiger partial charge in [-0.1, -0.05) is 17.7 Å². The van der Waals surface area contributed by atoms with E-state index in [1.165, 1.54) is 34.8 Å². The molecule has 0 amide bonds. The molecule has 0 saturated heterocycles. The minimum absolute atomic E-state index is 0.102. The van der Waals surface area contributed by atoms with Crippen molar-refractivity contribution in [2.75, 3.05) is 0 Å².